The van der Waals surface area contributed by atoms with E-state index < -0.39 is 0 Å². The largest absolute Gasteiger partial charge is 0.0626 e. The summed E-state index contributed by atoms with van der Waals surface area (Å²) < 4.78 is 0. The summed E-state index contributed by atoms with van der Waals surface area (Å²) in [6, 6.07) is 11.4. The van der Waals surface area contributed by atoms with Crippen molar-refractivity contribution in [2.45, 2.75) is 40.0 Å². The molecule has 1 aliphatic carbocycles. The van der Waals surface area contributed by atoms with Crippen LogP contribution in [0.3, 0.4) is 0 Å². The number of allylic oxidation sites excluding steroid dienone is 1. The fourth-order valence-electron chi connectivity index (χ4n) is 3.15. The van der Waals surface area contributed by atoms with Crippen molar-refractivity contribution in [2.24, 2.45) is 5.92 Å². The summed E-state index contributed by atoms with van der Waals surface area (Å²) in [7, 11) is 0. The maximum atomic E-state index is 2.41. The maximum absolute atomic E-state index is 2.41. The molecule has 19 heavy (non-hydrogen) atoms. The van der Waals surface area contributed by atoms with E-state index in [0.717, 1.165) is 6.42 Å². The van der Waals surface area contributed by atoms with E-state index in [1.165, 1.54) is 27.5 Å². The Balaban J connectivity index is 2.31. The van der Waals surface area contributed by atoms with Crippen molar-refractivity contribution in [3.8, 4) is 0 Å². The molecule has 0 fully saturated rings. The van der Waals surface area contributed by atoms with Gasteiger partial charge in [0.2, 0.25) is 0 Å². The second-order valence-corrected chi connectivity index (χ2v) is 6.29. The van der Waals surface area contributed by atoms with Gasteiger partial charge in [-0.2, -0.15) is 0 Å². The molecule has 0 N–H and O–H groups in total. The molecule has 98 valence electrons. The van der Waals surface area contributed by atoms with Crippen molar-refractivity contribution in [3.63, 3.8) is 0 Å². The SMILES string of the molecule is CC(C)C1=Cc2ccc(C(C)C)c3cccc(c23)C1. The lowest BCUT2D eigenvalue weighted by molar-refractivity contribution is 0.747. The molecule has 2 aromatic rings. The fourth-order valence-corrected chi connectivity index (χ4v) is 3.15. The molecule has 0 saturated carbocycles. The van der Waals surface area contributed by atoms with E-state index >= 15 is 0 Å². The first-order valence-electron chi connectivity index (χ1n) is 7.33. The molecule has 0 unspecified atom stereocenters. The molecule has 0 aliphatic heterocycles. The molecule has 0 aromatic heterocycles. The topological polar surface area (TPSA) is 0 Å². The highest BCUT2D eigenvalue weighted by Gasteiger charge is 2.17. The summed E-state index contributed by atoms with van der Waals surface area (Å²) in [5, 5.41) is 2.93. The van der Waals surface area contributed by atoms with Gasteiger partial charge >= 0.3 is 0 Å². The summed E-state index contributed by atoms with van der Waals surface area (Å²) in [6.07, 6.45) is 3.52. The normalized spacial score (nSPS) is 14.3. The van der Waals surface area contributed by atoms with Gasteiger partial charge < -0.3 is 0 Å². The van der Waals surface area contributed by atoms with Crippen LogP contribution >= 0.6 is 0 Å². The molecular weight excluding hydrogens is 228 g/mol. The van der Waals surface area contributed by atoms with E-state index in [1.54, 1.807) is 5.57 Å². The van der Waals surface area contributed by atoms with Gasteiger partial charge in [0.05, 0.1) is 0 Å². The van der Waals surface area contributed by atoms with E-state index in [0.29, 0.717) is 11.8 Å². The van der Waals surface area contributed by atoms with E-state index in [4.69, 9.17) is 0 Å². The molecule has 0 atom stereocenters. The van der Waals surface area contributed by atoms with Crippen LogP contribution in [0.15, 0.2) is 35.9 Å². The van der Waals surface area contributed by atoms with E-state index in [-0.39, 0.29) is 0 Å². The summed E-state index contributed by atoms with van der Waals surface area (Å²) in [4.78, 5) is 0. The smallest absolute Gasteiger partial charge is 0.00548 e. The van der Waals surface area contributed by atoms with Gasteiger partial charge in [-0.1, -0.05) is 69.7 Å². The van der Waals surface area contributed by atoms with Gasteiger partial charge in [-0.25, -0.2) is 0 Å². The standard InChI is InChI=1S/C19H22/c1-12(2)16-10-14-6-5-7-18-17(13(3)4)9-8-15(11-16)19(14)18/h5-9,11-13H,10H2,1-4H3. The van der Waals surface area contributed by atoms with Crippen LogP contribution in [0.4, 0.5) is 0 Å². The van der Waals surface area contributed by atoms with Crippen LogP contribution in [0.5, 0.6) is 0 Å². The third kappa shape index (κ3) is 2.00. The van der Waals surface area contributed by atoms with Crippen molar-refractivity contribution in [1.82, 2.24) is 0 Å². The highest BCUT2D eigenvalue weighted by molar-refractivity contribution is 5.97. The van der Waals surface area contributed by atoms with Gasteiger partial charge in [-0.05, 0) is 45.7 Å². The molecule has 1 aliphatic rings. The predicted octanol–water partition coefficient (Wildman–Crippen LogP) is 5.56. The van der Waals surface area contributed by atoms with Gasteiger partial charge in [0, 0.05) is 0 Å². The number of rotatable bonds is 2. The monoisotopic (exact) mass is 250 g/mol. The zero-order chi connectivity index (χ0) is 13.6. The fraction of sp³-hybridized carbons (Fsp3) is 0.368. The molecule has 0 heterocycles. The molecule has 0 spiro atoms. The molecule has 0 bridgehead atoms. The predicted molar refractivity (Wildman–Crippen MR) is 84.6 cm³/mol. The zero-order valence-electron chi connectivity index (χ0n) is 12.3. The third-order valence-corrected chi connectivity index (χ3v) is 4.29. The van der Waals surface area contributed by atoms with Crippen LogP contribution in [-0.2, 0) is 6.42 Å². The second-order valence-electron chi connectivity index (χ2n) is 6.29. The van der Waals surface area contributed by atoms with Gasteiger partial charge in [0.25, 0.3) is 0 Å². The lowest BCUT2D eigenvalue weighted by atomic mass is 9.82. The van der Waals surface area contributed by atoms with E-state index in [2.05, 4.69) is 64.1 Å². The van der Waals surface area contributed by atoms with Crippen LogP contribution in [0.1, 0.15) is 50.3 Å². The van der Waals surface area contributed by atoms with Gasteiger partial charge in [-0.3, -0.25) is 0 Å². The van der Waals surface area contributed by atoms with Gasteiger partial charge in [0.1, 0.15) is 0 Å². The van der Waals surface area contributed by atoms with E-state index in [9.17, 15) is 0 Å². The molecule has 0 saturated heterocycles. The summed E-state index contributed by atoms with van der Waals surface area (Å²) in [5.74, 6) is 1.22. The Hall–Kier alpha value is -1.56. The third-order valence-electron chi connectivity index (χ3n) is 4.29. The number of hydrogen-bond acceptors (Lipinski definition) is 0. The first-order chi connectivity index (χ1) is 9.08. The lowest BCUT2D eigenvalue weighted by Gasteiger charge is -2.22. The van der Waals surface area contributed by atoms with Crippen molar-refractivity contribution >= 4 is 16.8 Å². The zero-order valence-corrected chi connectivity index (χ0v) is 12.3. The molecule has 0 nitrogen and oxygen atoms in total. The summed E-state index contributed by atoms with van der Waals surface area (Å²) in [6.45, 7) is 9.14. The highest BCUT2D eigenvalue weighted by atomic mass is 14.2. The van der Waals surface area contributed by atoms with Crippen LogP contribution in [0.2, 0.25) is 0 Å². The van der Waals surface area contributed by atoms with Crippen LogP contribution in [0.25, 0.3) is 16.8 Å². The Morgan fingerprint density at radius 1 is 0.895 bits per heavy atom. The van der Waals surface area contributed by atoms with Crippen LogP contribution in [0, 0.1) is 5.92 Å². The highest BCUT2D eigenvalue weighted by Crippen LogP contribution is 2.36. The minimum Gasteiger partial charge on any atom is -0.0626 e. The Morgan fingerprint density at radius 3 is 2.37 bits per heavy atom. The Bertz CT molecular complexity index is 657. The minimum atomic E-state index is 0.583. The number of hydrogen-bond donors (Lipinski definition) is 0. The van der Waals surface area contributed by atoms with Gasteiger partial charge in [0.15, 0.2) is 0 Å². The maximum Gasteiger partial charge on any atom is -0.00548 e. The molecule has 0 amide bonds. The Kier molecular flexibility index (Phi) is 2.97. The first kappa shape index (κ1) is 12.5. The van der Waals surface area contributed by atoms with Crippen molar-refractivity contribution in [1.29, 1.82) is 0 Å². The number of benzene rings is 2. The lowest BCUT2D eigenvalue weighted by Crippen LogP contribution is -2.05. The van der Waals surface area contributed by atoms with E-state index in [1.807, 2.05) is 0 Å². The average Bonchev–Trinajstić information content (AvgIpc) is 2.38. The molecule has 0 radical (unpaired) electrons. The summed E-state index contributed by atoms with van der Waals surface area (Å²) in [5.41, 5.74) is 5.94. The minimum absolute atomic E-state index is 0.583. The van der Waals surface area contributed by atoms with Crippen molar-refractivity contribution in [3.05, 3.63) is 52.6 Å². The Morgan fingerprint density at radius 2 is 1.68 bits per heavy atom. The Labute approximate surface area is 116 Å². The van der Waals surface area contributed by atoms with Crippen LogP contribution < -0.4 is 0 Å². The van der Waals surface area contributed by atoms with Crippen molar-refractivity contribution < 1.29 is 0 Å². The second kappa shape index (κ2) is 4.52. The van der Waals surface area contributed by atoms with Crippen molar-refractivity contribution in [2.75, 3.05) is 0 Å². The average molecular weight is 250 g/mol. The van der Waals surface area contributed by atoms with Gasteiger partial charge in [-0.15, -0.1) is 0 Å². The molecule has 3 rings (SSSR count). The first-order valence-corrected chi connectivity index (χ1v) is 7.33. The molecular formula is C19H22. The van der Waals surface area contributed by atoms with Crippen LogP contribution in [-0.4, -0.2) is 0 Å². The quantitative estimate of drug-likeness (QED) is 0.654. The molecule has 2 aromatic carbocycles. The summed E-state index contributed by atoms with van der Waals surface area (Å²) >= 11 is 0. The molecule has 0 heteroatoms.